The number of ether oxygens (including phenoxy) is 1. The van der Waals surface area contributed by atoms with Crippen molar-refractivity contribution in [3.05, 3.63) is 42.1 Å². The number of halogens is 3. The molecule has 0 aromatic carbocycles. The van der Waals surface area contributed by atoms with E-state index in [9.17, 15) is 18.0 Å². The molecule has 4 heterocycles. The fraction of sp³-hybridized carbons (Fsp3) is 0.550. The molecule has 9 nitrogen and oxygen atoms in total. The maximum Gasteiger partial charge on any atom is 0.490 e. The van der Waals surface area contributed by atoms with E-state index in [1.54, 1.807) is 12.5 Å². The van der Waals surface area contributed by atoms with Crippen LogP contribution < -0.4 is 5.32 Å². The van der Waals surface area contributed by atoms with Crippen molar-refractivity contribution in [2.45, 2.75) is 38.1 Å². The van der Waals surface area contributed by atoms with E-state index in [1.165, 1.54) is 0 Å². The molecular weight excluding hydrogens is 433 g/mol. The number of rotatable bonds is 5. The molecule has 2 N–H and O–H groups in total. The lowest BCUT2D eigenvalue weighted by molar-refractivity contribution is -0.192. The average molecular weight is 458 g/mol. The Labute approximate surface area is 182 Å². The number of fused-ring (bicyclic) bond motifs is 1. The second kappa shape index (κ2) is 10.6. The number of nitrogens with one attached hydrogen (secondary N) is 1. The van der Waals surface area contributed by atoms with Crippen LogP contribution in [0.15, 0.2) is 35.1 Å². The highest BCUT2D eigenvalue weighted by atomic mass is 19.4. The van der Waals surface area contributed by atoms with Crippen LogP contribution in [0.2, 0.25) is 0 Å². The van der Waals surface area contributed by atoms with E-state index in [0.29, 0.717) is 19.0 Å². The summed E-state index contributed by atoms with van der Waals surface area (Å²) in [5.74, 6) is -1.37. The first-order valence-corrected chi connectivity index (χ1v) is 10.2. The van der Waals surface area contributed by atoms with Crippen LogP contribution in [0.3, 0.4) is 0 Å². The Balaban J connectivity index is 0.000000360. The van der Waals surface area contributed by atoms with Crippen molar-refractivity contribution in [2.24, 2.45) is 5.92 Å². The summed E-state index contributed by atoms with van der Waals surface area (Å²) in [5.41, 5.74) is 1.09. The molecule has 1 unspecified atom stereocenters. The van der Waals surface area contributed by atoms with Crippen molar-refractivity contribution < 1.29 is 37.0 Å². The lowest BCUT2D eigenvalue weighted by atomic mass is 9.99. The summed E-state index contributed by atoms with van der Waals surface area (Å²) in [7, 11) is 0. The summed E-state index contributed by atoms with van der Waals surface area (Å²) in [6.45, 7) is 4.65. The Bertz CT molecular complexity index is 878. The van der Waals surface area contributed by atoms with Gasteiger partial charge in [-0.15, -0.1) is 0 Å². The number of hydrogen-bond acceptors (Lipinski definition) is 6. The van der Waals surface area contributed by atoms with Crippen LogP contribution in [0.5, 0.6) is 0 Å². The van der Waals surface area contributed by atoms with E-state index in [4.69, 9.17) is 19.1 Å². The predicted octanol–water partition coefficient (Wildman–Crippen LogP) is 2.21. The average Bonchev–Trinajstić information content (AvgIpc) is 3.44. The highest BCUT2D eigenvalue weighted by Gasteiger charge is 2.38. The first-order valence-electron chi connectivity index (χ1n) is 10.2. The molecule has 0 bridgehead atoms. The van der Waals surface area contributed by atoms with Crippen LogP contribution in [0.1, 0.15) is 30.3 Å². The third-order valence-electron chi connectivity index (χ3n) is 5.28. The van der Waals surface area contributed by atoms with Crippen LogP contribution >= 0.6 is 0 Å². The Morgan fingerprint density at radius 3 is 2.59 bits per heavy atom. The molecule has 2 aromatic heterocycles. The summed E-state index contributed by atoms with van der Waals surface area (Å²) in [5, 5.41) is 14.5. The molecule has 176 valence electrons. The maximum absolute atomic E-state index is 12.7. The highest BCUT2D eigenvalue weighted by Crippen LogP contribution is 2.24. The van der Waals surface area contributed by atoms with Gasteiger partial charge in [0.2, 0.25) is 5.91 Å². The second-order valence-corrected chi connectivity index (χ2v) is 7.63. The van der Waals surface area contributed by atoms with Crippen LogP contribution in [0.25, 0.3) is 0 Å². The van der Waals surface area contributed by atoms with Crippen molar-refractivity contribution in [2.75, 3.05) is 26.3 Å². The van der Waals surface area contributed by atoms with E-state index in [1.807, 2.05) is 22.9 Å². The van der Waals surface area contributed by atoms with E-state index in [2.05, 4.69) is 15.3 Å². The number of hydrogen-bond donors (Lipinski definition) is 2. The number of furan rings is 1. The van der Waals surface area contributed by atoms with Crippen molar-refractivity contribution in [1.29, 1.82) is 0 Å². The molecule has 12 heteroatoms. The normalized spacial score (nSPS) is 19.5. The number of carboxylic acid groups (broad SMARTS) is 1. The number of nitrogens with zero attached hydrogens (tertiary/aromatic N) is 3. The van der Waals surface area contributed by atoms with Gasteiger partial charge in [-0.25, -0.2) is 4.79 Å². The number of carbonyl (C=O) groups is 2. The number of carbonyl (C=O) groups excluding carboxylic acids is 1. The summed E-state index contributed by atoms with van der Waals surface area (Å²) >= 11 is 0. The van der Waals surface area contributed by atoms with Crippen LogP contribution in [-0.4, -0.2) is 64.1 Å². The van der Waals surface area contributed by atoms with Crippen molar-refractivity contribution in [3.8, 4) is 0 Å². The zero-order valence-corrected chi connectivity index (χ0v) is 17.3. The summed E-state index contributed by atoms with van der Waals surface area (Å²) in [6.07, 6.45) is 0.514. The molecule has 0 spiro atoms. The van der Waals surface area contributed by atoms with Gasteiger partial charge in [0.25, 0.3) is 0 Å². The lowest BCUT2D eigenvalue weighted by Crippen LogP contribution is -2.46. The summed E-state index contributed by atoms with van der Waals surface area (Å²) < 4.78 is 44.3. The molecule has 2 aliphatic heterocycles. The van der Waals surface area contributed by atoms with Gasteiger partial charge >= 0.3 is 12.1 Å². The number of alkyl halides is 3. The SMILES string of the molecule is O=C(NCc1ccco1)C1CN(CC2CCOCC2)Cc2ccnn21.O=C(O)C(F)(F)F. The Morgan fingerprint density at radius 2 is 1.97 bits per heavy atom. The first-order chi connectivity index (χ1) is 15.2. The molecule has 32 heavy (non-hydrogen) atoms. The Hall–Kier alpha value is -2.86. The smallest absolute Gasteiger partial charge is 0.475 e. The second-order valence-electron chi connectivity index (χ2n) is 7.63. The minimum absolute atomic E-state index is 0.0157. The minimum Gasteiger partial charge on any atom is -0.475 e. The fourth-order valence-corrected chi connectivity index (χ4v) is 3.70. The number of amides is 1. The van der Waals surface area contributed by atoms with Gasteiger partial charge in [0.1, 0.15) is 11.8 Å². The molecular formula is C20H25F3N4O5. The van der Waals surface area contributed by atoms with Gasteiger partial charge in [0.15, 0.2) is 0 Å². The monoisotopic (exact) mass is 458 g/mol. The van der Waals surface area contributed by atoms with Gasteiger partial charge in [0, 0.05) is 39.0 Å². The molecule has 0 aliphatic carbocycles. The molecule has 4 rings (SSSR count). The van der Waals surface area contributed by atoms with Crippen LogP contribution in [0, 0.1) is 5.92 Å². The van der Waals surface area contributed by atoms with Crippen molar-refractivity contribution in [1.82, 2.24) is 20.0 Å². The predicted molar refractivity (Wildman–Crippen MR) is 104 cm³/mol. The molecule has 1 saturated heterocycles. The van der Waals surface area contributed by atoms with Gasteiger partial charge in [-0.1, -0.05) is 0 Å². The summed E-state index contributed by atoms with van der Waals surface area (Å²) in [6, 6.07) is 5.39. The molecule has 2 aliphatic rings. The molecule has 1 atom stereocenters. The molecule has 2 aromatic rings. The highest BCUT2D eigenvalue weighted by molar-refractivity contribution is 5.80. The quantitative estimate of drug-likeness (QED) is 0.707. The third-order valence-corrected chi connectivity index (χ3v) is 5.28. The topological polar surface area (TPSA) is 110 Å². The largest absolute Gasteiger partial charge is 0.490 e. The lowest BCUT2D eigenvalue weighted by Gasteiger charge is -2.36. The van der Waals surface area contributed by atoms with E-state index in [0.717, 1.165) is 50.6 Å². The van der Waals surface area contributed by atoms with E-state index < -0.39 is 12.1 Å². The van der Waals surface area contributed by atoms with Gasteiger partial charge in [-0.05, 0) is 37.0 Å². The number of aromatic nitrogens is 2. The molecule has 0 saturated carbocycles. The van der Waals surface area contributed by atoms with Gasteiger partial charge in [-0.2, -0.15) is 18.3 Å². The van der Waals surface area contributed by atoms with Gasteiger partial charge < -0.3 is 19.6 Å². The zero-order chi connectivity index (χ0) is 23.1. The molecule has 0 radical (unpaired) electrons. The molecule has 1 fully saturated rings. The van der Waals surface area contributed by atoms with E-state index >= 15 is 0 Å². The van der Waals surface area contributed by atoms with Gasteiger partial charge in [-0.3, -0.25) is 14.4 Å². The summed E-state index contributed by atoms with van der Waals surface area (Å²) in [4.78, 5) is 24.0. The number of aliphatic carboxylic acids is 1. The van der Waals surface area contributed by atoms with Crippen molar-refractivity contribution >= 4 is 11.9 Å². The minimum atomic E-state index is -5.08. The standard InChI is InChI=1S/C18H24N4O3.C2HF3O2/c23-18(19-10-16-2-1-7-25-16)17-13-21(11-14-4-8-24-9-5-14)12-15-3-6-20-22(15)17;3-2(4,5)1(6)7/h1-3,6-7,14,17H,4-5,8-13H2,(H,19,23);(H,6,7). The maximum atomic E-state index is 12.7. The Kier molecular flexibility index (Phi) is 7.91. The zero-order valence-electron chi connectivity index (χ0n) is 17.3. The first kappa shape index (κ1) is 23.8. The van der Waals surface area contributed by atoms with Crippen molar-refractivity contribution in [3.63, 3.8) is 0 Å². The Morgan fingerprint density at radius 1 is 1.25 bits per heavy atom. The number of carboxylic acids is 1. The van der Waals surface area contributed by atoms with Crippen LogP contribution in [0.4, 0.5) is 13.2 Å². The fourth-order valence-electron chi connectivity index (χ4n) is 3.70. The third kappa shape index (κ3) is 6.57. The van der Waals surface area contributed by atoms with E-state index in [-0.39, 0.29) is 11.9 Å². The van der Waals surface area contributed by atoms with Crippen LogP contribution in [-0.2, 0) is 27.4 Å². The molecule has 1 amide bonds. The van der Waals surface area contributed by atoms with Gasteiger partial charge in [0.05, 0.1) is 18.5 Å².